The summed E-state index contributed by atoms with van der Waals surface area (Å²) in [6, 6.07) is 7.42. The first-order chi connectivity index (χ1) is 17.7. The molecular formula is C27H30F2N4O4. The Morgan fingerprint density at radius 1 is 1.14 bits per heavy atom. The molecule has 0 aliphatic carbocycles. The van der Waals surface area contributed by atoms with Crippen molar-refractivity contribution >= 4 is 29.0 Å². The van der Waals surface area contributed by atoms with Crippen LogP contribution in [0.15, 0.2) is 30.3 Å². The summed E-state index contributed by atoms with van der Waals surface area (Å²) in [4.78, 5) is 32.5. The van der Waals surface area contributed by atoms with Gasteiger partial charge in [0.15, 0.2) is 0 Å². The molecule has 1 amide bonds. The number of benzene rings is 2. The standard InChI is InChI=1S/C27H30F2N4O4/c1-16(11-17-12-20(28)14-21(29)13-17)33-23-4-3-18-5-10-32(27(36)37-2)15-22(18)24(23)30-26(33)31-8-6-19(7-9-31)25(34)35/h3-4,12-14,16,19H,5-11,15H2,1-2H3,(H,34,35)/t16-/m1/s1. The van der Waals surface area contributed by atoms with Gasteiger partial charge in [-0.05, 0) is 61.9 Å². The first-order valence-electron chi connectivity index (χ1n) is 12.5. The highest BCUT2D eigenvalue weighted by atomic mass is 19.1. The molecule has 0 saturated carbocycles. The number of amides is 1. The average Bonchev–Trinajstić information content (AvgIpc) is 3.27. The molecule has 0 unspecified atom stereocenters. The third-order valence-corrected chi connectivity index (χ3v) is 7.50. The van der Waals surface area contributed by atoms with Crippen molar-refractivity contribution in [2.75, 3.05) is 31.6 Å². The van der Waals surface area contributed by atoms with Crippen molar-refractivity contribution in [3.05, 3.63) is 58.7 Å². The zero-order valence-corrected chi connectivity index (χ0v) is 20.9. The SMILES string of the molecule is COC(=O)N1CCc2ccc3c(nc(N4CCC(C(=O)O)CC4)n3[C@H](C)Cc3cc(F)cc(F)c3)c2C1. The number of halogens is 2. The van der Waals surface area contributed by atoms with Crippen LogP contribution in [0, 0.1) is 17.6 Å². The van der Waals surface area contributed by atoms with Crippen LogP contribution in [0.5, 0.6) is 0 Å². The number of carbonyl (C=O) groups excluding carboxylic acids is 1. The van der Waals surface area contributed by atoms with E-state index < -0.39 is 17.6 Å². The van der Waals surface area contributed by atoms with Crippen molar-refractivity contribution in [1.82, 2.24) is 14.5 Å². The lowest BCUT2D eigenvalue weighted by atomic mass is 9.97. The molecule has 10 heteroatoms. The van der Waals surface area contributed by atoms with Gasteiger partial charge in [0.2, 0.25) is 5.95 Å². The highest BCUT2D eigenvalue weighted by molar-refractivity contribution is 5.85. The van der Waals surface area contributed by atoms with Gasteiger partial charge in [-0.25, -0.2) is 18.6 Å². The third kappa shape index (κ3) is 4.84. The minimum Gasteiger partial charge on any atom is -0.481 e. The van der Waals surface area contributed by atoms with Crippen LogP contribution in [-0.2, 0) is 28.9 Å². The van der Waals surface area contributed by atoms with Gasteiger partial charge >= 0.3 is 12.1 Å². The molecule has 1 N–H and O–H groups in total. The summed E-state index contributed by atoms with van der Waals surface area (Å²) in [5.74, 6) is -1.71. The number of methoxy groups -OCH3 is 1. The van der Waals surface area contributed by atoms with Crippen LogP contribution < -0.4 is 4.90 Å². The van der Waals surface area contributed by atoms with Crippen molar-refractivity contribution in [1.29, 1.82) is 0 Å². The lowest BCUT2D eigenvalue weighted by molar-refractivity contribution is -0.142. The first-order valence-corrected chi connectivity index (χ1v) is 12.5. The van der Waals surface area contributed by atoms with Crippen LogP contribution in [-0.4, -0.2) is 58.4 Å². The molecule has 196 valence electrons. The normalized spacial score (nSPS) is 17.1. The predicted octanol–water partition coefficient (Wildman–Crippen LogP) is 4.54. The van der Waals surface area contributed by atoms with E-state index in [-0.39, 0.29) is 18.1 Å². The molecule has 3 heterocycles. The van der Waals surface area contributed by atoms with Crippen molar-refractivity contribution in [2.24, 2.45) is 5.92 Å². The number of hydrogen-bond acceptors (Lipinski definition) is 5. The lowest BCUT2D eigenvalue weighted by Crippen LogP contribution is -2.38. The van der Waals surface area contributed by atoms with E-state index in [2.05, 4.69) is 15.5 Å². The molecule has 0 radical (unpaired) electrons. The Morgan fingerprint density at radius 3 is 2.49 bits per heavy atom. The topological polar surface area (TPSA) is 87.9 Å². The summed E-state index contributed by atoms with van der Waals surface area (Å²) in [7, 11) is 1.36. The Bertz CT molecular complexity index is 1330. The van der Waals surface area contributed by atoms with Crippen molar-refractivity contribution < 1.29 is 28.2 Å². The van der Waals surface area contributed by atoms with Crippen molar-refractivity contribution in [3.63, 3.8) is 0 Å². The number of carboxylic acids is 1. The number of nitrogens with zero attached hydrogens (tertiary/aromatic N) is 4. The van der Waals surface area contributed by atoms with Crippen molar-refractivity contribution in [3.8, 4) is 0 Å². The Kier molecular flexibility index (Phi) is 6.74. The number of aromatic nitrogens is 2. The van der Waals surface area contributed by atoms with Crippen LogP contribution in [0.3, 0.4) is 0 Å². The monoisotopic (exact) mass is 512 g/mol. The Balaban J connectivity index is 1.57. The van der Waals surface area contributed by atoms with E-state index in [1.807, 2.05) is 13.0 Å². The number of carbonyl (C=O) groups is 2. The van der Waals surface area contributed by atoms with Crippen LogP contribution >= 0.6 is 0 Å². The molecule has 2 aliphatic rings. The number of hydrogen-bond donors (Lipinski definition) is 1. The van der Waals surface area contributed by atoms with E-state index in [1.165, 1.54) is 19.2 Å². The highest BCUT2D eigenvalue weighted by Gasteiger charge is 2.31. The molecule has 1 aromatic heterocycles. The number of rotatable bonds is 5. The average molecular weight is 513 g/mol. The number of carboxylic acid groups (broad SMARTS) is 1. The maximum Gasteiger partial charge on any atom is 0.409 e. The van der Waals surface area contributed by atoms with E-state index in [9.17, 15) is 23.5 Å². The van der Waals surface area contributed by atoms with E-state index in [4.69, 9.17) is 9.72 Å². The molecule has 1 fully saturated rings. The van der Waals surface area contributed by atoms with Crippen LogP contribution in [0.4, 0.5) is 19.5 Å². The predicted molar refractivity (Wildman–Crippen MR) is 134 cm³/mol. The van der Waals surface area contributed by atoms with E-state index in [0.29, 0.717) is 63.4 Å². The van der Waals surface area contributed by atoms with Gasteiger partial charge in [0.1, 0.15) is 11.6 Å². The van der Waals surface area contributed by atoms with Gasteiger partial charge in [-0.2, -0.15) is 0 Å². The Hall–Kier alpha value is -3.69. The molecule has 1 atom stereocenters. The summed E-state index contributed by atoms with van der Waals surface area (Å²) in [6.45, 7) is 4.00. The minimum absolute atomic E-state index is 0.197. The maximum atomic E-state index is 13.9. The Labute approximate surface area is 213 Å². The molecule has 2 aliphatic heterocycles. The van der Waals surface area contributed by atoms with E-state index >= 15 is 0 Å². The van der Waals surface area contributed by atoms with Gasteiger partial charge in [-0.3, -0.25) is 4.79 Å². The second kappa shape index (κ2) is 9.99. The zero-order valence-electron chi connectivity index (χ0n) is 20.9. The summed E-state index contributed by atoms with van der Waals surface area (Å²) >= 11 is 0. The number of fused-ring (bicyclic) bond motifs is 3. The van der Waals surface area contributed by atoms with Gasteiger partial charge in [-0.15, -0.1) is 0 Å². The molecule has 0 bridgehead atoms. The quantitative estimate of drug-likeness (QED) is 0.540. The summed E-state index contributed by atoms with van der Waals surface area (Å²) in [5, 5.41) is 9.44. The molecule has 3 aromatic rings. The molecule has 0 spiro atoms. The van der Waals surface area contributed by atoms with Crippen LogP contribution in [0.25, 0.3) is 11.0 Å². The zero-order chi connectivity index (χ0) is 26.3. The van der Waals surface area contributed by atoms with Crippen molar-refractivity contribution in [2.45, 2.75) is 45.2 Å². The molecular weight excluding hydrogens is 482 g/mol. The molecule has 37 heavy (non-hydrogen) atoms. The van der Waals surface area contributed by atoms with Gasteiger partial charge in [0, 0.05) is 37.3 Å². The molecule has 8 nitrogen and oxygen atoms in total. The Morgan fingerprint density at radius 2 is 1.84 bits per heavy atom. The fraction of sp³-hybridized carbons (Fsp3) is 0.444. The second-order valence-corrected chi connectivity index (χ2v) is 9.92. The minimum atomic E-state index is -0.786. The number of imidazole rings is 1. The third-order valence-electron chi connectivity index (χ3n) is 7.50. The van der Waals surface area contributed by atoms with E-state index in [1.54, 1.807) is 4.90 Å². The second-order valence-electron chi connectivity index (χ2n) is 9.92. The molecule has 2 aromatic carbocycles. The number of piperidine rings is 1. The first kappa shape index (κ1) is 25.0. The highest BCUT2D eigenvalue weighted by Crippen LogP contribution is 2.35. The molecule has 1 saturated heterocycles. The summed E-state index contributed by atoms with van der Waals surface area (Å²) in [5.41, 5.74) is 4.26. The summed E-state index contributed by atoms with van der Waals surface area (Å²) in [6.07, 6.45) is 1.70. The molecule has 5 rings (SSSR count). The number of ether oxygens (including phenoxy) is 1. The van der Waals surface area contributed by atoms with E-state index in [0.717, 1.165) is 28.2 Å². The fourth-order valence-electron chi connectivity index (χ4n) is 5.61. The summed E-state index contributed by atoms with van der Waals surface area (Å²) < 4.78 is 34.8. The number of anilines is 1. The van der Waals surface area contributed by atoms with Gasteiger partial charge < -0.3 is 24.2 Å². The number of aliphatic carboxylic acids is 1. The van der Waals surface area contributed by atoms with Crippen LogP contribution in [0.2, 0.25) is 0 Å². The van der Waals surface area contributed by atoms with Gasteiger partial charge in [0.25, 0.3) is 0 Å². The van der Waals surface area contributed by atoms with Gasteiger partial charge in [0.05, 0.1) is 30.6 Å². The van der Waals surface area contributed by atoms with Crippen LogP contribution in [0.1, 0.15) is 42.5 Å². The smallest absolute Gasteiger partial charge is 0.409 e. The lowest BCUT2D eigenvalue weighted by Gasteiger charge is -2.32. The maximum absolute atomic E-state index is 13.9. The largest absolute Gasteiger partial charge is 0.481 e. The fourth-order valence-corrected chi connectivity index (χ4v) is 5.61. The van der Waals surface area contributed by atoms with Gasteiger partial charge in [-0.1, -0.05) is 6.07 Å².